The average molecular weight is 280 g/mol. The third-order valence-corrected chi connectivity index (χ3v) is 3.63. The lowest BCUT2D eigenvalue weighted by molar-refractivity contribution is 0.457. The molecular formula is C17H16N2O2. The van der Waals surface area contributed by atoms with Crippen LogP contribution in [0, 0.1) is 6.92 Å². The lowest BCUT2D eigenvalue weighted by Crippen LogP contribution is -2.12. The Bertz CT molecular complexity index is 815. The van der Waals surface area contributed by atoms with E-state index in [1.54, 1.807) is 18.3 Å². The van der Waals surface area contributed by atoms with E-state index in [2.05, 4.69) is 4.98 Å². The van der Waals surface area contributed by atoms with E-state index in [4.69, 9.17) is 5.73 Å². The first kappa shape index (κ1) is 13.4. The second-order valence-electron chi connectivity index (χ2n) is 5.12. The highest BCUT2D eigenvalue weighted by Crippen LogP contribution is 2.36. The molecule has 0 fully saturated rings. The molecule has 1 atom stereocenters. The minimum Gasteiger partial charge on any atom is -0.508 e. The van der Waals surface area contributed by atoms with Crippen LogP contribution in [0.4, 0.5) is 0 Å². The Labute approximate surface area is 122 Å². The summed E-state index contributed by atoms with van der Waals surface area (Å²) in [6.45, 7) is 1.93. The molecule has 1 heterocycles. The molecule has 0 saturated carbocycles. The lowest BCUT2D eigenvalue weighted by atomic mass is 9.95. The van der Waals surface area contributed by atoms with E-state index < -0.39 is 6.04 Å². The van der Waals surface area contributed by atoms with Crippen molar-refractivity contribution < 1.29 is 10.2 Å². The normalized spacial score (nSPS) is 12.5. The summed E-state index contributed by atoms with van der Waals surface area (Å²) in [6.07, 6.45) is 1.63. The summed E-state index contributed by atoms with van der Waals surface area (Å²) < 4.78 is 0. The fourth-order valence-electron chi connectivity index (χ4n) is 2.49. The molecule has 0 aliphatic carbocycles. The largest absolute Gasteiger partial charge is 0.508 e. The summed E-state index contributed by atoms with van der Waals surface area (Å²) in [5.74, 6) is 0.176. The minimum absolute atomic E-state index is 0.0570. The van der Waals surface area contributed by atoms with Gasteiger partial charge in [0.25, 0.3) is 0 Å². The highest BCUT2D eigenvalue weighted by molar-refractivity contribution is 5.85. The number of aromatic nitrogens is 1. The SMILES string of the molecule is Cc1ccc(O)c(C(N)c2ccc3cccnc3c2O)c1. The minimum atomic E-state index is -0.615. The maximum atomic E-state index is 10.4. The van der Waals surface area contributed by atoms with E-state index >= 15 is 0 Å². The van der Waals surface area contributed by atoms with Crippen LogP contribution >= 0.6 is 0 Å². The highest BCUT2D eigenvalue weighted by atomic mass is 16.3. The third kappa shape index (κ3) is 2.30. The van der Waals surface area contributed by atoms with Crippen LogP contribution in [0.3, 0.4) is 0 Å². The van der Waals surface area contributed by atoms with Gasteiger partial charge in [0.15, 0.2) is 0 Å². The van der Waals surface area contributed by atoms with Crippen molar-refractivity contribution in [3.8, 4) is 11.5 Å². The zero-order valence-electron chi connectivity index (χ0n) is 11.6. The highest BCUT2D eigenvalue weighted by Gasteiger charge is 2.18. The lowest BCUT2D eigenvalue weighted by Gasteiger charge is -2.17. The molecule has 4 nitrogen and oxygen atoms in total. The first-order valence-corrected chi connectivity index (χ1v) is 6.69. The van der Waals surface area contributed by atoms with Crippen molar-refractivity contribution in [1.29, 1.82) is 0 Å². The van der Waals surface area contributed by atoms with Gasteiger partial charge in [0.1, 0.15) is 17.0 Å². The van der Waals surface area contributed by atoms with Gasteiger partial charge in [-0.2, -0.15) is 0 Å². The van der Waals surface area contributed by atoms with Gasteiger partial charge in [-0.1, -0.05) is 35.9 Å². The maximum Gasteiger partial charge on any atom is 0.146 e. The summed E-state index contributed by atoms with van der Waals surface area (Å²) in [6, 6.07) is 12.0. The van der Waals surface area contributed by atoms with Crippen LogP contribution in [-0.4, -0.2) is 15.2 Å². The standard InChI is InChI=1S/C17H16N2O2/c1-10-4-7-14(20)13(9-10)15(18)12-6-5-11-3-2-8-19-16(11)17(12)21/h2-9,15,20-21H,18H2,1H3. The van der Waals surface area contributed by atoms with Crippen LogP contribution in [0.25, 0.3) is 10.9 Å². The average Bonchev–Trinajstić information content (AvgIpc) is 2.50. The monoisotopic (exact) mass is 280 g/mol. The van der Waals surface area contributed by atoms with E-state index in [0.29, 0.717) is 16.6 Å². The third-order valence-electron chi connectivity index (χ3n) is 3.63. The van der Waals surface area contributed by atoms with Crippen molar-refractivity contribution in [2.45, 2.75) is 13.0 Å². The molecule has 4 heteroatoms. The molecule has 1 unspecified atom stereocenters. The van der Waals surface area contributed by atoms with Crippen molar-refractivity contribution in [3.63, 3.8) is 0 Å². The van der Waals surface area contributed by atoms with Crippen LogP contribution in [0.15, 0.2) is 48.7 Å². The zero-order chi connectivity index (χ0) is 15.0. The number of hydrogen-bond donors (Lipinski definition) is 3. The molecule has 2 aromatic carbocycles. The zero-order valence-corrected chi connectivity index (χ0v) is 11.6. The van der Waals surface area contributed by atoms with Crippen LogP contribution < -0.4 is 5.73 Å². The Morgan fingerprint density at radius 3 is 2.67 bits per heavy atom. The van der Waals surface area contributed by atoms with Crippen molar-refractivity contribution in [2.75, 3.05) is 0 Å². The number of nitrogens with two attached hydrogens (primary N) is 1. The van der Waals surface area contributed by atoms with Crippen LogP contribution in [0.2, 0.25) is 0 Å². The molecule has 3 rings (SSSR count). The topological polar surface area (TPSA) is 79.4 Å². The molecule has 0 radical (unpaired) electrons. The maximum absolute atomic E-state index is 10.4. The molecule has 3 aromatic rings. The number of rotatable bonds is 2. The Morgan fingerprint density at radius 2 is 1.86 bits per heavy atom. The van der Waals surface area contributed by atoms with E-state index in [-0.39, 0.29) is 11.5 Å². The first-order valence-electron chi connectivity index (χ1n) is 6.69. The van der Waals surface area contributed by atoms with E-state index in [9.17, 15) is 10.2 Å². The van der Waals surface area contributed by atoms with Crippen LogP contribution in [-0.2, 0) is 0 Å². The molecule has 4 N–H and O–H groups in total. The molecule has 21 heavy (non-hydrogen) atoms. The molecule has 0 saturated heterocycles. The molecule has 0 bridgehead atoms. The number of phenols is 2. The van der Waals surface area contributed by atoms with Gasteiger partial charge in [-0.3, -0.25) is 4.98 Å². The second-order valence-corrected chi connectivity index (χ2v) is 5.12. The van der Waals surface area contributed by atoms with Crippen molar-refractivity contribution in [3.05, 3.63) is 65.4 Å². The van der Waals surface area contributed by atoms with Gasteiger partial charge < -0.3 is 15.9 Å². The number of pyridine rings is 1. The summed E-state index contributed by atoms with van der Waals surface area (Å²) in [7, 11) is 0. The first-order chi connectivity index (χ1) is 10.1. The van der Waals surface area contributed by atoms with Gasteiger partial charge in [0.05, 0.1) is 6.04 Å². The number of hydrogen-bond acceptors (Lipinski definition) is 4. The van der Waals surface area contributed by atoms with Crippen molar-refractivity contribution in [2.24, 2.45) is 5.73 Å². The molecule has 1 aromatic heterocycles. The van der Waals surface area contributed by atoms with E-state index in [0.717, 1.165) is 10.9 Å². The Hall–Kier alpha value is -2.59. The number of aryl methyl sites for hydroxylation is 1. The summed E-state index contributed by atoms with van der Waals surface area (Å²) in [5.41, 5.74) is 8.87. The summed E-state index contributed by atoms with van der Waals surface area (Å²) in [5, 5.41) is 21.3. The molecule has 0 spiro atoms. The van der Waals surface area contributed by atoms with E-state index in [1.165, 1.54) is 0 Å². The van der Waals surface area contributed by atoms with Gasteiger partial charge in [0, 0.05) is 22.7 Å². The van der Waals surface area contributed by atoms with Crippen LogP contribution in [0.1, 0.15) is 22.7 Å². The van der Waals surface area contributed by atoms with Crippen LogP contribution in [0.5, 0.6) is 11.5 Å². The van der Waals surface area contributed by atoms with Gasteiger partial charge in [0.2, 0.25) is 0 Å². The number of nitrogens with zero attached hydrogens (tertiary/aromatic N) is 1. The smallest absolute Gasteiger partial charge is 0.146 e. The molecule has 106 valence electrons. The predicted molar refractivity (Wildman–Crippen MR) is 82.3 cm³/mol. The molecule has 0 amide bonds. The fraction of sp³-hybridized carbons (Fsp3) is 0.118. The van der Waals surface area contributed by atoms with Crippen molar-refractivity contribution in [1.82, 2.24) is 4.98 Å². The molecule has 0 aliphatic heterocycles. The van der Waals surface area contributed by atoms with Gasteiger partial charge in [-0.25, -0.2) is 0 Å². The second kappa shape index (κ2) is 5.07. The molecular weight excluding hydrogens is 264 g/mol. The number of benzene rings is 2. The predicted octanol–water partition coefficient (Wildman–Crippen LogP) is 3.00. The van der Waals surface area contributed by atoms with Gasteiger partial charge >= 0.3 is 0 Å². The van der Waals surface area contributed by atoms with Gasteiger partial charge in [-0.05, 0) is 19.1 Å². The Kier molecular flexibility index (Phi) is 3.23. The molecule has 0 aliphatic rings. The van der Waals surface area contributed by atoms with E-state index in [1.807, 2.05) is 37.3 Å². The Balaban J connectivity index is 2.15. The summed E-state index contributed by atoms with van der Waals surface area (Å²) >= 11 is 0. The number of aromatic hydroxyl groups is 2. The number of fused-ring (bicyclic) bond motifs is 1. The van der Waals surface area contributed by atoms with Gasteiger partial charge in [-0.15, -0.1) is 0 Å². The quantitative estimate of drug-likeness (QED) is 0.674. The number of phenolic OH excluding ortho intramolecular Hbond substituents is 2. The summed E-state index contributed by atoms with van der Waals surface area (Å²) in [4.78, 5) is 4.19. The Morgan fingerprint density at radius 1 is 1.05 bits per heavy atom. The van der Waals surface area contributed by atoms with Crippen molar-refractivity contribution >= 4 is 10.9 Å². The fourth-order valence-corrected chi connectivity index (χ4v) is 2.49.